The summed E-state index contributed by atoms with van der Waals surface area (Å²) in [5.41, 5.74) is 3.46. The molecule has 2 heteroatoms. The first-order chi connectivity index (χ1) is 10.3. The summed E-state index contributed by atoms with van der Waals surface area (Å²) in [6.07, 6.45) is 5.83. The van der Waals surface area contributed by atoms with Gasteiger partial charge in [-0.15, -0.1) is 0 Å². The number of hydrogen-bond acceptors (Lipinski definition) is 2. The molecule has 3 unspecified atom stereocenters. The van der Waals surface area contributed by atoms with Gasteiger partial charge in [-0.3, -0.25) is 0 Å². The van der Waals surface area contributed by atoms with Crippen LogP contribution in [0, 0.1) is 11.8 Å². The second kappa shape index (κ2) is 11.5. The van der Waals surface area contributed by atoms with Crippen molar-refractivity contribution in [3.63, 3.8) is 0 Å². The lowest BCUT2D eigenvalue weighted by Crippen LogP contribution is -2.19. The Hall–Kier alpha value is -1.02. The molecule has 0 saturated heterocycles. The quantitative estimate of drug-likeness (QED) is 0.359. The largest absolute Gasteiger partial charge is 0.389 e. The van der Waals surface area contributed by atoms with Crippen molar-refractivity contribution in [1.29, 1.82) is 0 Å². The lowest BCUT2D eigenvalue weighted by molar-refractivity contribution is 0.0740. The molecular formula is C20H37NO. The van der Waals surface area contributed by atoms with E-state index in [0.29, 0.717) is 17.9 Å². The van der Waals surface area contributed by atoms with Crippen LogP contribution in [0.3, 0.4) is 0 Å². The maximum absolute atomic E-state index is 5.51. The van der Waals surface area contributed by atoms with Gasteiger partial charge in [-0.2, -0.15) is 0 Å². The number of methoxy groups -OCH3 is 1. The fourth-order valence-corrected chi connectivity index (χ4v) is 2.64. The molecule has 0 rings (SSSR count). The topological polar surface area (TPSA) is 21.3 Å². The Labute approximate surface area is 138 Å². The van der Waals surface area contributed by atoms with E-state index in [4.69, 9.17) is 4.74 Å². The van der Waals surface area contributed by atoms with E-state index in [9.17, 15) is 0 Å². The summed E-state index contributed by atoms with van der Waals surface area (Å²) in [4.78, 5) is 0. The van der Waals surface area contributed by atoms with Crippen LogP contribution in [0.2, 0.25) is 0 Å². The SMILES string of the molecule is C=C(C)NCCCCC(=C)C(=C)C(C)C(C)CC(CC)OC. The van der Waals surface area contributed by atoms with Gasteiger partial charge in [0.2, 0.25) is 0 Å². The average Bonchev–Trinajstić information content (AvgIpc) is 2.49. The molecule has 0 fully saturated rings. The molecule has 0 aliphatic rings. The van der Waals surface area contributed by atoms with Crippen molar-refractivity contribution < 1.29 is 4.74 Å². The van der Waals surface area contributed by atoms with Gasteiger partial charge in [-0.05, 0) is 56.4 Å². The monoisotopic (exact) mass is 307 g/mol. The molecule has 0 aromatic carbocycles. The molecule has 0 heterocycles. The smallest absolute Gasteiger partial charge is 0.0571 e. The standard InChI is InChI=1S/C20H37NO/c1-9-20(22-8)14-17(5)19(7)18(6)16(4)12-10-11-13-21-15(2)3/h17,19-21H,2,4,6,9-14H2,1,3,5,7-8H3. The molecule has 0 radical (unpaired) electrons. The first-order valence-corrected chi connectivity index (χ1v) is 8.62. The van der Waals surface area contributed by atoms with Crippen molar-refractivity contribution in [3.8, 4) is 0 Å². The molecule has 1 N–H and O–H groups in total. The van der Waals surface area contributed by atoms with Gasteiger partial charge >= 0.3 is 0 Å². The number of unbranched alkanes of at least 4 members (excludes halogenated alkanes) is 1. The van der Waals surface area contributed by atoms with Gasteiger partial charge in [0, 0.05) is 19.4 Å². The number of nitrogens with one attached hydrogen (secondary N) is 1. The highest BCUT2D eigenvalue weighted by Gasteiger charge is 2.20. The molecule has 128 valence electrons. The van der Waals surface area contributed by atoms with Crippen LogP contribution >= 0.6 is 0 Å². The van der Waals surface area contributed by atoms with Crippen LogP contribution in [-0.4, -0.2) is 19.8 Å². The zero-order valence-corrected chi connectivity index (χ0v) is 15.5. The van der Waals surface area contributed by atoms with Gasteiger partial charge in [-0.1, -0.05) is 46.1 Å². The van der Waals surface area contributed by atoms with Crippen LogP contribution in [-0.2, 0) is 4.74 Å². The van der Waals surface area contributed by atoms with Crippen LogP contribution < -0.4 is 5.32 Å². The minimum absolute atomic E-state index is 0.353. The molecule has 0 spiro atoms. The van der Waals surface area contributed by atoms with Crippen LogP contribution in [0.25, 0.3) is 0 Å². The van der Waals surface area contributed by atoms with Gasteiger partial charge in [0.1, 0.15) is 0 Å². The maximum Gasteiger partial charge on any atom is 0.0571 e. The van der Waals surface area contributed by atoms with Crippen LogP contribution in [0.15, 0.2) is 36.6 Å². The Morgan fingerprint density at radius 3 is 2.27 bits per heavy atom. The van der Waals surface area contributed by atoms with E-state index in [1.165, 1.54) is 11.1 Å². The van der Waals surface area contributed by atoms with Crippen LogP contribution in [0.4, 0.5) is 0 Å². The summed E-state index contributed by atoms with van der Waals surface area (Å²) in [6.45, 7) is 22.1. The molecule has 0 aliphatic heterocycles. The van der Waals surface area contributed by atoms with Gasteiger partial charge in [-0.25, -0.2) is 0 Å². The van der Waals surface area contributed by atoms with Gasteiger partial charge in [0.05, 0.1) is 6.10 Å². The molecule has 22 heavy (non-hydrogen) atoms. The van der Waals surface area contributed by atoms with Crippen molar-refractivity contribution in [2.45, 2.75) is 65.9 Å². The Balaban J connectivity index is 4.14. The predicted molar refractivity (Wildman–Crippen MR) is 99.0 cm³/mol. The minimum Gasteiger partial charge on any atom is -0.389 e. The number of allylic oxidation sites excluding steroid dienone is 3. The lowest BCUT2D eigenvalue weighted by atomic mass is 9.81. The Bertz CT molecular complexity index is 355. The highest BCUT2D eigenvalue weighted by atomic mass is 16.5. The molecular weight excluding hydrogens is 270 g/mol. The average molecular weight is 308 g/mol. The van der Waals surface area contributed by atoms with E-state index in [-0.39, 0.29) is 0 Å². The maximum atomic E-state index is 5.51. The van der Waals surface area contributed by atoms with E-state index in [0.717, 1.165) is 44.3 Å². The molecule has 0 amide bonds. The van der Waals surface area contributed by atoms with Crippen molar-refractivity contribution in [2.24, 2.45) is 11.8 Å². The fraction of sp³-hybridized carbons (Fsp3) is 0.700. The summed E-state index contributed by atoms with van der Waals surface area (Å²) in [7, 11) is 1.80. The first-order valence-electron chi connectivity index (χ1n) is 8.62. The third kappa shape index (κ3) is 8.43. The Morgan fingerprint density at radius 2 is 1.77 bits per heavy atom. The third-order valence-corrected chi connectivity index (χ3v) is 4.61. The number of ether oxygens (including phenoxy) is 1. The molecule has 0 bridgehead atoms. The highest BCUT2D eigenvalue weighted by molar-refractivity contribution is 5.27. The molecule has 0 saturated carbocycles. The zero-order valence-electron chi connectivity index (χ0n) is 15.5. The lowest BCUT2D eigenvalue weighted by Gasteiger charge is -2.26. The molecule has 0 aliphatic carbocycles. The Kier molecular flexibility index (Phi) is 11.0. The Morgan fingerprint density at radius 1 is 1.14 bits per heavy atom. The van der Waals surface area contributed by atoms with Crippen LogP contribution in [0.1, 0.15) is 59.8 Å². The van der Waals surface area contributed by atoms with Crippen molar-refractivity contribution in [1.82, 2.24) is 5.32 Å². The summed E-state index contributed by atoms with van der Waals surface area (Å²) < 4.78 is 5.51. The minimum atomic E-state index is 0.353. The third-order valence-electron chi connectivity index (χ3n) is 4.61. The van der Waals surface area contributed by atoms with Gasteiger partial charge in [0.25, 0.3) is 0 Å². The van der Waals surface area contributed by atoms with E-state index >= 15 is 0 Å². The van der Waals surface area contributed by atoms with Gasteiger partial charge in [0.15, 0.2) is 0 Å². The predicted octanol–water partition coefficient (Wildman–Crippen LogP) is 5.48. The van der Waals surface area contributed by atoms with E-state index < -0.39 is 0 Å². The van der Waals surface area contributed by atoms with E-state index in [1.54, 1.807) is 7.11 Å². The molecule has 0 aromatic rings. The summed E-state index contributed by atoms with van der Waals surface area (Å²) in [5, 5.41) is 3.26. The summed E-state index contributed by atoms with van der Waals surface area (Å²) in [5.74, 6) is 1.03. The molecule has 0 aromatic heterocycles. The van der Waals surface area contributed by atoms with Gasteiger partial charge < -0.3 is 10.1 Å². The normalized spacial score (nSPS) is 15.0. The first kappa shape index (κ1) is 21.0. The fourth-order valence-electron chi connectivity index (χ4n) is 2.64. The van der Waals surface area contributed by atoms with Crippen LogP contribution in [0.5, 0.6) is 0 Å². The molecule has 3 atom stereocenters. The van der Waals surface area contributed by atoms with Crippen molar-refractivity contribution >= 4 is 0 Å². The summed E-state index contributed by atoms with van der Waals surface area (Å²) in [6, 6.07) is 0. The number of rotatable bonds is 13. The zero-order chi connectivity index (χ0) is 17.1. The second-order valence-corrected chi connectivity index (χ2v) is 6.56. The van der Waals surface area contributed by atoms with Crippen molar-refractivity contribution in [2.75, 3.05) is 13.7 Å². The second-order valence-electron chi connectivity index (χ2n) is 6.56. The molecule has 2 nitrogen and oxygen atoms in total. The summed E-state index contributed by atoms with van der Waals surface area (Å²) >= 11 is 0. The van der Waals surface area contributed by atoms with E-state index in [2.05, 4.69) is 45.8 Å². The highest BCUT2D eigenvalue weighted by Crippen LogP contribution is 2.30. The number of hydrogen-bond donors (Lipinski definition) is 1. The van der Waals surface area contributed by atoms with Crippen molar-refractivity contribution in [3.05, 3.63) is 36.6 Å². The van der Waals surface area contributed by atoms with E-state index in [1.807, 2.05) is 6.92 Å².